The molecule has 5 nitrogen and oxygen atoms in total. The van der Waals surface area contributed by atoms with Crippen molar-refractivity contribution in [2.24, 2.45) is 0 Å². The van der Waals surface area contributed by atoms with E-state index < -0.39 is 40.1 Å². The molecule has 3 aromatic rings. The summed E-state index contributed by atoms with van der Waals surface area (Å²) < 4.78 is 42.0. The number of carbonyl (C=O) groups is 2. The summed E-state index contributed by atoms with van der Waals surface area (Å²) in [5, 5.41) is 8.47. The van der Waals surface area contributed by atoms with Crippen molar-refractivity contribution in [3.05, 3.63) is 51.2 Å². The van der Waals surface area contributed by atoms with Crippen LogP contribution in [0.2, 0.25) is 0 Å². The molecule has 1 aliphatic heterocycles. The first kappa shape index (κ1) is 20.2. The first-order valence-corrected chi connectivity index (χ1v) is 10.7. The fourth-order valence-electron chi connectivity index (χ4n) is 2.98. The monoisotopic (exact) mass is 502 g/mol. The number of hydrogen-bond acceptors (Lipinski definition) is 5. The van der Waals surface area contributed by atoms with Gasteiger partial charge >= 0.3 is 5.97 Å². The molecule has 0 saturated carbocycles. The highest BCUT2D eigenvalue weighted by Gasteiger charge is 2.35. The molecule has 0 saturated heterocycles. The number of carboxylic acid groups (broad SMARTS) is 1. The van der Waals surface area contributed by atoms with Gasteiger partial charge in [-0.25, -0.2) is 18.2 Å². The second kappa shape index (κ2) is 7.62. The van der Waals surface area contributed by atoms with Crippen LogP contribution in [-0.4, -0.2) is 27.2 Å². The molecular formula is C18H10BrF3N2O3S2. The maximum absolute atomic E-state index is 14.0. The van der Waals surface area contributed by atoms with Gasteiger partial charge in [-0.15, -0.1) is 23.1 Å². The Hall–Kier alpha value is -2.11. The lowest BCUT2D eigenvalue weighted by atomic mass is 10.2. The van der Waals surface area contributed by atoms with Crippen molar-refractivity contribution in [3.8, 4) is 0 Å². The Morgan fingerprint density at radius 1 is 1.24 bits per heavy atom. The fraction of sp³-hybridized carbons (Fsp3) is 0.167. The number of aromatic nitrogens is 1. The average Bonchev–Trinajstić information content (AvgIpc) is 3.08. The minimum atomic E-state index is -1.34. The van der Waals surface area contributed by atoms with Gasteiger partial charge in [0.05, 0.1) is 28.6 Å². The zero-order chi connectivity index (χ0) is 20.9. The predicted molar refractivity (Wildman–Crippen MR) is 107 cm³/mol. The maximum atomic E-state index is 14.0. The number of carbonyl (C=O) groups excluding carboxylic acids is 1. The highest BCUT2D eigenvalue weighted by atomic mass is 79.9. The van der Waals surface area contributed by atoms with E-state index in [0.717, 1.165) is 23.1 Å². The fourth-order valence-corrected chi connectivity index (χ4v) is 5.48. The molecule has 0 radical (unpaired) electrons. The molecular weight excluding hydrogens is 493 g/mol. The second-order valence-electron chi connectivity index (χ2n) is 6.18. The lowest BCUT2D eigenvalue weighted by Crippen LogP contribution is -2.41. The first-order valence-electron chi connectivity index (χ1n) is 8.17. The van der Waals surface area contributed by atoms with Gasteiger partial charge < -0.3 is 10.0 Å². The summed E-state index contributed by atoms with van der Waals surface area (Å²) in [5.41, 5.74) is 0.0975. The number of benzene rings is 2. The standard InChI is InChI=1S/C18H10BrF3N2O3S2/c19-7-1-2-11-10(3-7)24(18(27)12(28-11)5-14(25)26)6-13-23-16-15(22)8(20)4-9(21)17(16)29-13/h1-4,12H,5-6H2,(H,25,26). The molecule has 1 amide bonds. The molecule has 1 aliphatic rings. The third kappa shape index (κ3) is 3.74. The van der Waals surface area contributed by atoms with Gasteiger partial charge in [-0.2, -0.15) is 0 Å². The molecule has 2 aromatic carbocycles. The zero-order valence-electron chi connectivity index (χ0n) is 14.3. The number of halogens is 4. The molecule has 1 N–H and O–H groups in total. The topological polar surface area (TPSA) is 70.5 Å². The van der Waals surface area contributed by atoms with Gasteiger partial charge in [0, 0.05) is 15.4 Å². The largest absolute Gasteiger partial charge is 0.481 e. The predicted octanol–water partition coefficient (Wildman–Crippen LogP) is 4.96. The van der Waals surface area contributed by atoms with Crippen molar-refractivity contribution < 1.29 is 27.9 Å². The van der Waals surface area contributed by atoms with E-state index in [1.54, 1.807) is 18.2 Å². The van der Waals surface area contributed by atoms with Gasteiger partial charge in [-0.1, -0.05) is 15.9 Å². The van der Waals surface area contributed by atoms with Crippen LogP contribution >= 0.6 is 39.0 Å². The SMILES string of the molecule is O=C(O)CC1Sc2ccc(Br)cc2N(Cc2nc3c(F)c(F)cc(F)c3s2)C1=O. The summed E-state index contributed by atoms with van der Waals surface area (Å²) >= 11 is 5.30. The Bertz CT molecular complexity index is 1170. The Balaban J connectivity index is 1.77. The van der Waals surface area contributed by atoms with Crippen LogP contribution in [0.4, 0.5) is 18.9 Å². The zero-order valence-corrected chi connectivity index (χ0v) is 17.5. The van der Waals surface area contributed by atoms with Crippen LogP contribution < -0.4 is 4.90 Å². The smallest absolute Gasteiger partial charge is 0.305 e. The Labute approximate surface area is 178 Å². The van der Waals surface area contributed by atoms with Crippen LogP contribution in [0, 0.1) is 17.5 Å². The van der Waals surface area contributed by atoms with Crippen molar-refractivity contribution in [2.75, 3.05) is 4.90 Å². The molecule has 4 rings (SSSR count). The quantitative estimate of drug-likeness (QED) is 0.510. The van der Waals surface area contributed by atoms with Crippen LogP contribution in [0.15, 0.2) is 33.6 Å². The van der Waals surface area contributed by atoms with Crippen molar-refractivity contribution in [1.29, 1.82) is 0 Å². The number of carboxylic acids is 1. The van der Waals surface area contributed by atoms with E-state index in [1.807, 2.05) is 0 Å². The number of anilines is 1. The number of hydrogen-bond donors (Lipinski definition) is 1. The van der Waals surface area contributed by atoms with Gasteiger partial charge in [0.25, 0.3) is 0 Å². The summed E-state index contributed by atoms with van der Waals surface area (Å²) in [6, 6.07) is 5.68. The van der Waals surface area contributed by atoms with Crippen molar-refractivity contribution >= 4 is 66.8 Å². The van der Waals surface area contributed by atoms with Gasteiger partial charge in [-0.05, 0) is 18.2 Å². The Kier molecular flexibility index (Phi) is 5.30. The van der Waals surface area contributed by atoms with Crippen LogP contribution in [0.3, 0.4) is 0 Å². The van der Waals surface area contributed by atoms with E-state index in [4.69, 9.17) is 5.11 Å². The lowest BCUT2D eigenvalue weighted by Gasteiger charge is -2.32. The Morgan fingerprint density at radius 2 is 2.00 bits per heavy atom. The van der Waals surface area contributed by atoms with Crippen molar-refractivity contribution in [2.45, 2.75) is 23.1 Å². The minimum Gasteiger partial charge on any atom is -0.481 e. The molecule has 0 aliphatic carbocycles. The van der Waals surface area contributed by atoms with E-state index in [-0.39, 0.29) is 22.7 Å². The van der Waals surface area contributed by atoms with Crippen LogP contribution in [0.1, 0.15) is 11.4 Å². The molecule has 11 heteroatoms. The summed E-state index contributed by atoms with van der Waals surface area (Å²) in [5.74, 6) is -5.09. The van der Waals surface area contributed by atoms with E-state index in [9.17, 15) is 22.8 Å². The molecule has 1 atom stereocenters. The normalized spacial score (nSPS) is 16.3. The van der Waals surface area contributed by atoms with E-state index in [1.165, 1.54) is 4.90 Å². The minimum absolute atomic E-state index is 0.126. The van der Waals surface area contributed by atoms with Crippen LogP contribution in [-0.2, 0) is 16.1 Å². The highest BCUT2D eigenvalue weighted by molar-refractivity contribution is 9.10. The third-order valence-electron chi connectivity index (χ3n) is 4.24. The number of aliphatic carboxylic acids is 1. The van der Waals surface area contributed by atoms with E-state index in [2.05, 4.69) is 20.9 Å². The van der Waals surface area contributed by atoms with Crippen LogP contribution in [0.5, 0.6) is 0 Å². The molecule has 1 aromatic heterocycles. The maximum Gasteiger partial charge on any atom is 0.305 e. The number of rotatable bonds is 4. The van der Waals surface area contributed by atoms with Gasteiger partial charge in [0.1, 0.15) is 16.3 Å². The third-order valence-corrected chi connectivity index (χ3v) is 7.03. The van der Waals surface area contributed by atoms with Gasteiger partial charge in [0.15, 0.2) is 11.6 Å². The lowest BCUT2D eigenvalue weighted by molar-refractivity contribution is -0.138. The summed E-state index contributed by atoms with van der Waals surface area (Å²) in [6.07, 6.45) is -0.371. The number of thiazole rings is 1. The number of amides is 1. The second-order valence-corrected chi connectivity index (χ2v) is 9.42. The number of fused-ring (bicyclic) bond motifs is 2. The average molecular weight is 503 g/mol. The Morgan fingerprint density at radius 3 is 2.72 bits per heavy atom. The van der Waals surface area contributed by atoms with Crippen molar-refractivity contribution in [3.63, 3.8) is 0 Å². The molecule has 0 spiro atoms. The van der Waals surface area contributed by atoms with E-state index >= 15 is 0 Å². The summed E-state index contributed by atoms with van der Waals surface area (Å²) in [7, 11) is 0. The molecule has 29 heavy (non-hydrogen) atoms. The van der Waals surface area contributed by atoms with Gasteiger partial charge in [-0.3, -0.25) is 9.59 Å². The molecule has 1 unspecified atom stereocenters. The highest BCUT2D eigenvalue weighted by Crippen LogP contribution is 2.43. The molecule has 0 fully saturated rings. The summed E-state index contributed by atoms with van der Waals surface area (Å²) in [4.78, 5) is 30.1. The number of nitrogens with zero attached hydrogens (tertiary/aromatic N) is 2. The van der Waals surface area contributed by atoms with Crippen molar-refractivity contribution in [1.82, 2.24) is 4.98 Å². The molecule has 150 valence electrons. The first-order chi connectivity index (χ1) is 13.7. The summed E-state index contributed by atoms with van der Waals surface area (Å²) in [6.45, 7) is -0.126. The number of thioether (sulfide) groups is 1. The van der Waals surface area contributed by atoms with Gasteiger partial charge in [0.2, 0.25) is 5.91 Å². The molecule has 0 bridgehead atoms. The molecule has 2 heterocycles. The van der Waals surface area contributed by atoms with Crippen LogP contribution in [0.25, 0.3) is 10.2 Å². The van der Waals surface area contributed by atoms with E-state index in [0.29, 0.717) is 21.1 Å².